The number of carbonyl (C=O) groups is 1. The number of nitrogens with zero attached hydrogens (tertiary/aromatic N) is 1. The quantitative estimate of drug-likeness (QED) is 0.752. The second kappa shape index (κ2) is 2.89. The molecule has 1 unspecified atom stereocenters. The van der Waals surface area contributed by atoms with Crippen LogP contribution in [-0.2, 0) is 0 Å². The highest BCUT2D eigenvalue weighted by atomic mass is 16.5. The molecule has 15 heavy (non-hydrogen) atoms. The molecule has 0 amide bonds. The zero-order valence-electron chi connectivity index (χ0n) is 8.14. The standard InChI is InChI=1S/C11H11NO3/c13-11(14)8-2-1-3-9-10(8)15-6-7-4-5-12(7)9/h1-3,7H,4-6H2,(H,13,14). The van der Waals surface area contributed by atoms with E-state index in [0.717, 1.165) is 18.7 Å². The van der Waals surface area contributed by atoms with Crippen LogP contribution in [0.5, 0.6) is 5.75 Å². The number of fused-ring (bicyclic) bond motifs is 3. The van der Waals surface area contributed by atoms with Crippen LogP contribution in [0.15, 0.2) is 18.2 Å². The summed E-state index contributed by atoms with van der Waals surface area (Å²) in [6.07, 6.45) is 1.14. The van der Waals surface area contributed by atoms with Crippen LogP contribution in [0.1, 0.15) is 16.8 Å². The molecule has 2 heterocycles. The number of rotatable bonds is 1. The van der Waals surface area contributed by atoms with E-state index in [1.54, 1.807) is 12.1 Å². The Labute approximate surface area is 87.1 Å². The lowest BCUT2D eigenvalue weighted by Crippen LogP contribution is -2.53. The molecular formula is C11H11NO3. The van der Waals surface area contributed by atoms with Crippen LogP contribution in [0.4, 0.5) is 5.69 Å². The van der Waals surface area contributed by atoms with Crippen molar-refractivity contribution in [1.82, 2.24) is 0 Å². The molecule has 2 aliphatic heterocycles. The van der Waals surface area contributed by atoms with Crippen LogP contribution in [0.2, 0.25) is 0 Å². The van der Waals surface area contributed by atoms with Gasteiger partial charge in [-0.3, -0.25) is 0 Å². The van der Waals surface area contributed by atoms with Gasteiger partial charge in [-0.15, -0.1) is 0 Å². The highest BCUT2D eigenvalue weighted by Crippen LogP contribution is 2.40. The van der Waals surface area contributed by atoms with Gasteiger partial charge in [0.25, 0.3) is 0 Å². The van der Waals surface area contributed by atoms with E-state index in [2.05, 4.69) is 4.90 Å². The van der Waals surface area contributed by atoms with Crippen molar-refractivity contribution in [3.8, 4) is 5.75 Å². The number of benzene rings is 1. The molecule has 0 bridgehead atoms. The van der Waals surface area contributed by atoms with Gasteiger partial charge >= 0.3 is 5.97 Å². The lowest BCUT2D eigenvalue weighted by Gasteiger charge is -2.46. The molecule has 1 atom stereocenters. The van der Waals surface area contributed by atoms with Crippen molar-refractivity contribution < 1.29 is 14.6 Å². The lowest BCUT2D eigenvalue weighted by atomic mass is 9.99. The fourth-order valence-electron chi connectivity index (χ4n) is 2.18. The highest BCUT2D eigenvalue weighted by molar-refractivity contribution is 5.94. The van der Waals surface area contributed by atoms with Crippen LogP contribution in [0.25, 0.3) is 0 Å². The molecule has 1 fully saturated rings. The van der Waals surface area contributed by atoms with Crippen molar-refractivity contribution in [2.24, 2.45) is 0 Å². The number of para-hydroxylation sites is 1. The number of anilines is 1. The van der Waals surface area contributed by atoms with Gasteiger partial charge in [-0.05, 0) is 18.6 Å². The summed E-state index contributed by atoms with van der Waals surface area (Å²) in [4.78, 5) is 13.2. The average Bonchev–Trinajstić information content (AvgIpc) is 2.17. The number of hydrogen-bond donors (Lipinski definition) is 1. The normalized spacial score (nSPS) is 22.1. The Morgan fingerprint density at radius 1 is 1.53 bits per heavy atom. The third-order valence-corrected chi connectivity index (χ3v) is 3.10. The maximum Gasteiger partial charge on any atom is 0.339 e. The van der Waals surface area contributed by atoms with Crippen molar-refractivity contribution in [3.63, 3.8) is 0 Å². The van der Waals surface area contributed by atoms with E-state index in [1.165, 1.54) is 0 Å². The Kier molecular flexibility index (Phi) is 1.65. The van der Waals surface area contributed by atoms with E-state index in [-0.39, 0.29) is 5.56 Å². The van der Waals surface area contributed by atoms with Crippen LogP contribution in [0.3, 0.4) is 0 Å². The van der Waals surface area contributed by atoms with Gasteiger partial charge in [-0.1, -0.05) is 6.07 Å². The summed E-state index contributed by atoms with van der Waals surface area (Å²) in [7, 11) is 0. The average molecular weight is 205 g/mol. The molecule has 4 nitrogen and oxygen atoms in total. The van der Waals surface area contributed by atoms with Gasteiger partial charge < -0.3 is 14.7 Å². The number of aromatic carboxylic acids is 1. The second-order valence-electron chi connectivity index (χ2n) is 3.91. The predicted molar refractivity (Wildman–Crippen MR) is 54.6 cm³/mol. The molecule has 78 valence electrons. The largest absolute Gasteiger partial charge is 0.488 e. The van der Waals surface area contributed by atoms with Crippen LogP contribution >= 0.6 is 0 Å². The van der Waals surface area contributed by atoms with Crippen molar-refractivity contribution in [2.75, 3.05) is 18.1 Å². The molecule has 4 heteroatoms. The number of ether oxygens (including phenoxy) is 1. The monoisotopic (exact) mass is 205 g/mol. The second-order valence-corrected chi connectivity index (χ2v) is 3.91. The fourth-order valence-corrected chi connectivity index (χ4v) is 2.18. The molecule has 1 aromatic rings. The van der Waals surface area contributed by atoms with Gasteiger partial charge in [0.2, 0.25) is 0 Å². The molecule has 0 aromatic heterocycles. The molecule has 0 radical (unpaired) electrons. The molecule has 0 saturated carbocycles. The minimum Gasteiger partial charge on any atom is -0.488 e. The summed E-state index contributed by atoms with van der Waals surface area (Å²) in [5.41, 5.74) is 1.19. The molecule has 2 aliphatic rings. The van der Waals surface area contributed by atoms with Gasteiger partial charge in [0.1, 0.15) is 12.2 Å². The molecule has 1 saturated heterocycles. The summed E-state index contributed by atoms with van der Waals surface area (Å²) in [5.74, 6) is -0.397. The Morgan fingerprint density at radius 2 is 2.40 bits per heavy atom. The molecule has 1 aromatic carbocycles. The molecule has 0 aliphatic carbocycles. The molecule has 3 rings (SSSR count). The number of carboxylic acids is 1. The highest BCUT2D eigenvalue weighted by Gasteiger charge is 2.36. The number of carboxylic acid groups (broad SMARTS) is 1. The van der Waals surface area contributed by atoms with Crippen LogP contribution < -0.4 is 9.64 Å². The first-order valence-electron chi connectivity index (χ1n) is 5.03. The first kappa shape index (κ1) is 8.59. The third-order valence-electron chi connectivity index (χ3n) is 3.10. The summed E-state index contributed by atoms with van der Waals surface area (Å²) < 4.78 is 5.53. The first-order chi connectivity index (χ1) is 7.27. The van der Waals surface area contributed by atoms with E-state index in [9.17, 15) is 4.79 Å². The maximum absolute atomic E-state index is 11.0. The van der Waals surface area contributed by atoms with E-state index in [4.69, 9.17) is 9.84 Å². The van der Waals surface area contributed by atoms with Crippen molar-refractivity contribution >= 4 is 11.7 Å². The zero-order valence-corrected chi connectivity index (χ0v) is 8.14. The molecule has 1 N–H and O–H groups in total. The van der Waals surface area contributed by atoms with Gasteiger partial charge in [0.15, 0.2) is 5.75 Å². The first-order valence-corrected chi connectivity index (χ1v) is 5.03. The fraction of sp³-hybridized carbons (Fsp3) is 0.364. The van der Waals surface area contributed by atoms with E-state index in [0.29, 0.717) is 18.4 Å². The van der Waals surface area contributed by atoms with Crippen molar-refractivity contribution in [2.45, 2.75) is 12.5 Å². The maximum atomic E-state index is 11.0. The Balaban J connectivity index is 2.11. The third kappa shape index (κ3) is 1.11. The van der Waals surface area contributed by atoms with E-state index >= 15 is 0 Å². The lowest BCUT2D eigenvalue weighted by molar-refractivity contribution is 0.0690. The Hall–Kier alpha value is -1.71. The Morgan fingerprint density at radius 3 is 3.07 bits per heavy atom. The summed E-state index contributed by atoms with van der Waals surface area (Å²) >= 11 is 0. The summed E-state index contributed by atoms with van der Waals surface area (Å²) in [6.45, 7) is 1.61. The molecule has 0 spiro atoms. The van der Waals surface area contributed by atoms with E-state index < -0.39 is 5.97 Å². The van der Waals surface area contributed by atoms with Gasteiger partial charge in [0, 0.05) is 6.54 Å². The van der Waals surface area contributed by atoms with Gasteiger partial charge in [-0.2, -0.15) is 0 Å². The number of hydrogen-bond acceptors (Lipinski definition) is 3. The smallest absolute Gasteiger partial charge is 0.339 e. The summed E-state index contributed by atoms with van der Waals surface area (Å²) in [6, 6.07) is 5.72. The summed E-state index contributed by atoms with van der Waals surface area (Å²) in [5, 5.41) is 9.01. The van der Waals surface area contributed by atoms with Crippen molar-refractivity contribution in [3.05, 3.63) is 23.8 Å². The minimum atomic E-state index is -0.925. The SMILES string of the molecule is O=C(O)c1cccc2c1OCC1CCN21. The topological polar surface area (TPSA) is 49.8 Å². The zero-order chi connectivity index (χ0) is 10.4. The predicted octanol–water partition coefficient (Wildman–Crippen LogP) is 1.36. The Bertz CT molecular complexity index is 430. The van der Waals surface area contributed by atoms with Crippen molar-refractivity contribution in [1.29, 1.82) is 0 Å². The van der Waals surface area contributed by atoms with Crippen LogP contribution in [-0.4, -0.2) is 30.3 Å². The van der Waals surface area contributed by atoms with Gasteiger partial charge in [-0.25, -0.2) is 4.79 Å². The van der Waals surface area contributed by atoms with Crippen LogP contribution in [0, 0.1) is 0 Å². The van der Waals surface area contributed by atoms with Gasteiger partial charge in [0.05, 0.1) is 11.7 Å². The minimum absolute atomic E-state index is 0.262. The molecular weight excluding hydrogens is 194 g/mol. The van der Waals surface area contributed by atoms with E-state index in [1.807, 2.05) is 6.07 Å².